The van der Waals surface area contributed by atoms with Gasteiger partial charge in [-0.2, -0.15) is 0 Å². The lowest BCUT2D eigenvalue weighted by Gasteiger charge is -2.34. The smallest absolute Gasteiger partial charge is 0.0949 e. The molecule has 0 aromatic carbocycles. The van der Waals surface area contributed by atoms with E-state index in [0.717, 1.165) is 26.2 Å². The second-order valence-corrected chi connectivity index (χ2v) is 4.78. The third-order valence-electron chi connectivity index (χ3n) is 3.57. The minimum atomic E-state index is 0.273. The molecule has 0 spiro atoms. The minimum Gasteiger partial charge on any atom is -0.383 e. The summed E-state index contributed by atoms with van der Waals surface area (Å²) in [6.07, 6.45) is 6.31. The van der Waals surface area contributed by atoms with Gasteiger partial charge in [0.1, 0.15) is 0 Å². The fraction of sp³-hybridized carbons (Fsp3) is 0.750. The first-order valence-corrected chi connectivity index (χ1v) is 5.96. The SMILES string of the molecule is COCCn1cncc1C1(C)CCNCC1. The van der Waals surface area contributed by atoms with Crippen molar-refractivity contribution in [1.82, 2.24) is 14.9 Å². The lowest BCUT2D eigenvalue weighted by molar-refractivity contribution is 0.183. The van der Waals surface area contributed by atoms with Crippen LogP contribution in [0.1, 0.15) is 25.5 Å². The van der Waals surface area contributed by atoms with Crippen molar-refractivity contribution in [2.75, 3.05) is 26.8 Å². The van der Waals surface area contributed by atoms with E-state index in [0.29, 0.717) is 0 Å². The fourth-order valence-electron chi connectivity index (χ4n) is 2.43. The Labute approximate surface area is 97.0 Å². The molecule has 0 unspecified atom stereocenters. The summed E-state index contributed by atoms with van der Waals surface area (Å²) in [5.74, 6) is 0. The summed E-state index contributed by atoms with van der Waals surface area (Å²) in [6.45, 7) is 6.19. The van der Waals surface area contributed by atoms with Crippen molar-refractivity contribution in [3.63, 3.8) is 0 Å². The summed E-state index contributed by atoms with van der Waals surface area (Å²) in [5.41, 5.74) is 1.63. The van der Waals surface area contributed by atoms with Crippen molar-refractivity contribution in [3.8, 4) is 0 Å². The van der Waals surface area contributed by atoms with E-state index in [9.17, 15) is 0 Å². The highest BCUT2D eigenvalue weighted by Gasteiger charge is 2.31. The van der Waals surface area contributed by atoms with Gasteiger partial charge in [-0.05, 0) is 25.9 Å². The Hall–Kier alpha value is -0.870. The van der Waals surface area contributed by atoms with Gasteiger partial charge in [0.2, 0.25) is 0 Å². The molecule has 1 fully saturated rings. The molecule has 1 aliphatic rings. The third kappa shape index (κ3) is 2.28. The monoisotopic (exact) mass is 223 g/mol. The van der Waals surface area contributed by atoms with E-state index in [1.54, 1.807) is 7.11 Å². The van der Waals surface area contributed by atoms with Gasteiger partial charge in [-0.1, -0.05) is 6.92 Å². The number of rotatable bonds is 4. The molecule has 4 heteroatoms. The third-order valence-corrected chi connectivity index (χ3v) is 3.57. The van der Waals surface area contributed by atoms with Gasteiger partial charge in [0.15, 0.2) is 0 Å². The quantitative estimate of drug-likeness (QED) is 0.833. The molecular weight excluding hydrogens is 202 g/mol. The van der Waals surface area contributed by atoms with Crippen LogP contribution in [0.2, 0.25) is 0 Å². The summed E-state index contributed by atoms with van der Waals surface area (Å²) in [7, 11) is 1.74. The molecule has 0 radical (unpaired) electrons. The van der Waals surface area contributed by atoms with E-state index in [4.69, 9.17) is 4.74 Å². The Morgan fingerprint density at radius 3 is 2.94 bits per heavy atom. The summed E-state index contributed by atoms with van der Waals surface area (Å²) in [4.78, 5) is 4.28. The Balaban J connectivity index is 2.15. The van der Waals surface area contributed by atoms with Gasteiger partial charge in [-0.25, -0.2) is 4.98 Å². The number of nitrogens with zero attached hydrogens (tertiary/aromatic N) is 2. The van der Waals surface area contributed by atoms with Crippen LogP contribution in [0, 0.1) is 0 Å². The second-order valence-electron chi connectivity index (χ2n) is 4.78. The van der Waals surface area contributed by atoms with Gasteiger partial charge in [0.25, 0.3) is 0 Å². The van der Waals surface area contributed by atoms with Crippen molar-refractivity contribution in [1.29, 1.82) is 0 Å². The summed E-state index contributed by atoms with van der Waals surface area (Å²) >= 11 is 0. The zero-order chi connectivity index (χ0) is 11.4. The van der Waals surface area contributed by atoms with Crippen molar-refractivity contribution in [2.24, 2.45) is 0 Å². The fourth-order valence-corrected chi connectivity index (χ4v) is 2.43. The maximum Gasteiger partial charge on any atom is 0.0949 e. The number of ether oxygens (including phenoxy) is 1. The Morgan fingerprint density at radius 2 is 2.25 bits per heavy atom. The summed E-state index contributed by atoms with van der Waals surface area (Å²) in [6, 6.07) is 0. The first-order valence-electron chi connectivity index (χ1n) is 5.96. The van der Waals surface area contributed by atoms with Crippen LogP contribution in [0.3, 0.4) is 0 Å². The molecule has 0 aliphatic carbocycles. The highest BCUT2D eigenvalue weighted by atomic mass is 16.5. The van der Waals surface area contributed by atoms with E-state index < -0.39 is 0 Å². The van der Waals surface area contributed by atoms with Gasteiger partial charge in [0.05, 0.1) is 12.9 Å². The largest absolute Gasteiger partial charge is 0.383 e. The summed E-state index contributed by atoms with van der Waals surface area (Å²) < 4.78 is 7.36. The highest BCUT2D eigenvalue weighted by molar-refractivity contribution is 5.15. The number of imidazole rings is 1. The van der Waals surface area contributed by atoms with E-state index in [2.05, 4.69) is 21.8 Å². The van der Waals surface area contributed by atoms with Crippen LogP contribution in [-0.4, -0.2) is 36.4 Å². The predicted molar refractivity (Wildman–Crippen MR) is 63.6 cm³/mol. The Bertz CT molecular complexity index is 329. The van der Waals surface area contributed by atoms with Crippen LogP contribution in [-0.2, 0) is 16.7 Å². The first kappa shape index (κ1) is 11.6. The number of nitrogens with one attached hydrogen (secondary N) is 1. The molecule has 2 rings (SSSR count). The molecule has 4 nitrogen and oxygen atoms in total. The molecule has 0 bridgehead atoms. The molecule has 90 valence electrons. The normalized spacial score (nSPS) is 19.9. The highest BCUT2D eigenvalue weighted by Crippen LogP contribution is 2.32. The Kier molecular flexibility index (Phi) is 3.61. The van der Waals surface area contributed by atoms with Crippen LogP contribution >= 0.6 is 0 Å². The van der Waals surface area contributed by atoms with Crippen LogP contribution in [0.4, 0.5) is 0 Å². The van der Waals surface area contributed by atoms with Crippen LogP contribution in [0.5, 0.6) is 0 Å². The molecule has 2 heterocycles. The zero-order valence-corrected chi connectivity index (χ0v) is 10.2. The summed E-state index contributed by atoms with van der Waals surface area (Å²) in [5, 5.41) is 3.41. The van der Waals surface area contributed by atoms with Crippen molar-refractivity contribution >= 4 is 0 Å². The average Bonchev–Trinajstić information content (AvgIpc) is 2.76. The maximum atomic E-state index is 5.13. The van der Waals surface area contributed by atoms with Gasteiger partial charge in [-0.3, -0.25) is 0 Å². The molecular formula is C12H21N3O. The second kappa shape index (κ2) is 4.97. The standard InChI is InChI=1S/C12H21N3O/c1-12(3-5-13-6-4-12)11-9-14-10-15(11)7-8-16-2/h9-10,13H,3-8H2,1-2H3. The zero-order valence-electron chi connectivity index (χ0n) is 10.2. The van der Waals surface area contributed by atoms with Gasteiger partial charge in [0, 0.05) is 31.0 Å². The number of methoxy groups -OCH3 is 1. The van der Waals surface area contributed by atoms with Gasteiger partial charge >= 0.3 is 0 Å². The maximum absolute atomic E-state index is 5.13. The van der Waals surface area contributed by atoms with Crippen LogP contribution in [0.15, 0.2) is 12.5 Å². The van der Waals surface area contributed by atoms with Crippen LogP contribution < -0.4 is 5.32 Å². The lowest BCUT2D eigenvalue weighted by atomic mass is 9.78. The first-order chi connectivity index (χ1) is 7.76. The van der Waals surface area contributed by atoms with Crippen molar-refractivity contribution < 1.29 is 4.74 Å². The average molecular weight is 223 g/mol. The van der Waals surface area contributed by atoms with E-state index in [1.807, 2.05) is 12.5 Å². The number of hydrogen-bond donors (Lipinski definition) is 1. The molecule has 1 aliphatic heterocycles. The molecule has 0 saturated carbocycles. The predicted octanol–water partition coefficient (Wildman–Crippen LogP) is 1.17. The molecule has 1 aromatic heterocycles. The molecule has 16 heavy (non-hydrogen) atoms. The lowest BCUT2D eigenvalue weighted by Crippen LogP contribution is -2.39. The number of piperidine rings is 1. The van der Waals surface area contributed by atoms with Gasteiger partial charge in [-0.15, -0.1) is 0 Å². The molecule has 1 aromatic rings. The van der Waals surface area contributed by atoms with E-state index in [1.165, 1.54) is 18.5 Å². The molecule has 0 atom stereocenters. The number of aromatic nitrogens is 2. The Morgan fingerprint density at radius 1 is 1.50 bits per heavy atom. The van der Waals surface area contributed by atoms with Crippen molar-refractivity contribution in [3.05, 3.63) is 18.2 Å². The van der Waals surface area contributed by atoms with E-state index >= 15 is 0 Å². The van der Waals surface area contributed by atoms with E-state index in [-0.39, 0.29) is 5.41 Å². The topological polar surface area (TPSA) is 39.1 Å². The van der Waals surface area contributed by atoms with Crippen molar-refractivity contribution in [2.45, 2.75) is 31.7 Å². The molecule has 0 amide bonds. The molecule has 1 N–H and O–H groups in total. The number of hydrogen-bond acceptors (Lipinski definition) is 3. The minimum absolute atomic E-state index is 0.273. The molecule has 1 saturated heterocycles. The van der Waals surface area contributed by atoms with Crippen LogP contribution in [0.25, 0.3) is 0 Å². The van der Waals surface area contributed by atoms with Gasteiger partial charge < -0.3 is 14.6 Å².